The van der Waals surface area contributed by atoms with E-state index >= 15 is 8.78 Å². The van der Waals surface area contributed by atoms with Crippen LogP contribution in [0.1, 0.15) is 30.4 Å². The predicted molar refractivity (Wildman–Crippen MR) is 148 cm³/mol. The van der Waals surface area contributed by atoms with Gasteiger partial charge in [-0.1, -0.05) is 60.7 Å². The molecule has 4 aromatic rings. The van der Waals surface area contributed by atoms with Crippen LogP contribution in [0.15, 0.2) is 84.9 Å². The lowest BCUT2D eigenvalue weighted by Gasteiger charge is -2.33. The first-order valence-electron chi connectivity index (χ1n) is 13.3. The Morgan fingerprint density at radius 1 is 0.795 bits per heavy atom. The molecule has 0 saturated carbocycles. The molecule has 0 aliphatic carbocycles. The van der Waals surface area contributed by atoms with E-state index in [4.69, 9.17) is 9.47 Å². The molecular weight excluding hydrogens is 498 g/mol. The fourth-order valence-corrected chi connectivity index (χ4v) is 4.92. The normalized spacial score (nSPS) is 13.9. The molecule has 0 radical (unpaired) electrons. The van der Waals surface area contributed by atoms with Crippen LogP contribution in [-0.2, 0) is 13.2 Å². The molecule has 0 bridgehead atoms. The molecule has 0 spiro atoms. The van der Waals surface area contributed by atoms with Crippen LogP contribution in [0.3, 0.4) is 0 Å². The number of aliphatic hydroxyl groups excluding tert-OH is 1. The highest BCUT2D eigenvalue weighted by Crippen LogP contribution is 2.37. The Hall–Kier alpha value is -3.97. The number of pyridine rings is 1. The molecule has 2 heterocycles. The molecule has 5 nitrogen and oxygen atoms in total. The Balaban J connectivity index is 1.41. The highest BCUT2D eigenvalue weighted by molar-refractivity contribution is 5.72. The van der Waals surface area contributed by atoms with Crippen LogP contribution < -0.4 is 14.4 Å². The Kier molecular flexibility index (Phi) is 8.68. The first-order chi connectivity index (χ1) is 19.1. The second-order valence-corrected chi connectivity index (χ2v) is 9.78. The lowest BCUT2D eigenvalue weighted by molar-refractivity contribution is 0.240. The molecule has 1 aromatic heterocycles. The van der Waals surface area contributed by atoms with Gasteiger partial charge < -0.3 is 19.5 Å². The van der Waals surface area contributed by atoms with E-state index in [-0.39, 0.29) is 30.2 Å². The quantitative estimate of drug-likeness (QED) is 0.245. The monoisotopic (exact) mass is 530 g/mol. The summed E-state index contributed by atoms with van der Waals surface area (Å²) < 4.78 is 43.0. The van der Waals surface area contributed by atoms with E-state index in [0.29, 0.717) is 37.2 Å². The molecule has 0 amide bonds. The summed E-state index contributed by atoms with van der Waals surface area (Å²) in [6.45, 7) is 2.05. The van der Waals surface area contributed by atoms with Crippen LogP contribution in [0.25, 0.3) is 11.1 Å². The van der Waals surface area contributed by atoms with E-state index in [9.17, 15) is 5.11 Å². The average Bonchev–Trinajstić information content (AvgIpc) is 2.97. The smallest absolute Gasteiger partial charge is 0.225 e. The highest BCUT2D eigenvalue weighted by Gasteiger charge is 2.24. The van der Waals surface area contributed by atoms with Gasteiger partial charge in [-0.05, 0) is 54.5 Å². The molecule has 7 heteroatoms. The van der Waals surface area contributed by atoms with Crippen molar-refractivity contribution in [1.29, 1.82) is 0 Å². The van der Waals surface area contributed by atoms with E-state index in [2.05, 4.69) is 4.98 Å². The standard InChI is InChI=1S/C32H32F2N2O3/c33-28-19-26(36-16-13-23(14-17-36)15-18-37)20-29(34)31(28)27-11-12-30(38-21-24-7-3-1-4-8-24)35-32(27)39-22-25-9-5-2-6-10-25/h1-12,19-20,23,37H,13-18,21-22H2. The summed E-state index contributed by atoms with van der Waals surface area (Å²) in [5.41, 5.74) is 2.43. The molecule has 1 N–H and O–H groups in total. The van der Waals surface area contributed by atoms with Gasteiger partial charge in [-0.2, -0.15) is 4.98 Å². The van der Waals surface area contributed by atoms with Gasteiger partial charge in [-0.25, -0.2) is 8.78 Å². The predicted octanol–water partition coefficient (Wildman–Crippen LogP) is 6.78. The molecule has 3 aromatic carbocycles. The van der Waals surface area contributed by atoms with Crippen molar-refractivity contribution in [3.05, 3.63) is 108 Å². The number of ether oxygens (including phenoxy) is 2. The molecule has 0 atom stereocenters. The van der Waals surface area contributed by atoms with Gasteiger partial charge in [0.05, 0.1) is 11.1 Å². The van der Waals surface area contributed by atoms with Crippen LogP contribution in [0.5, 0.6) is 11.8 Å². The number of rotatable bonds is 10. The Morgan fingerprint density at radius 2 is 1.38 bits per heavy atom. The largest absolute Gasteiger partial charge is 0.473 e. The SMILES string of the molecule is OCCC1CCN(c2cc(F)c(-c3ccc(OCc4ccccc4)nc3OCc3ccccc3)c(F)c2)CC1. The third kappa shape index (κ3) is 6.73. The first-order valence-corrected chi connectivity index (χ1v) is 13.3. The Labute approximate surface area is 227 Å². The zero-order chi connectivity index (χ0) is 27.0. The number of anilines is 1. The number of hydrogen-bond donors (Lipinski definition) is 1. The second-order valence-electron chi connectivity index (χ2n) is 9.78. The van der Waals surface area contributed by atoms with E-state index in [0.717, 1.165) is 30.4 Å². The summed E-state index contributed by atoms with van der Waals surface area (Å²) in [5.74, 6) is -0.509. The maximum absolute atomic E-state index is 15.5. The van der Waals surface area contributed by atoms with Gasteiger partial charge in [0.25, 0.3) is 0 Å². The summed E-state index contributed by atoms with van der Waals surface area (Å²) in [5, 5.41) is 9.20. The number of hydrogen-bond acceptors (Lipinski definition) is 5. The minimum absolute atomic E-state index is 0.0970. The minimum atomic E-state index is -0.674. The van der Waals surface area contributed by atoms with Crippen LogP contribution in [0.2, 0.25) is 0 Å². The second kappa shape index (κ2) is 12.7. The summed E-state index contributed by atoms with van der Waals surface area (Å²) in [7, 11) is 0. The van der Waals surface area contributed by atoms with Crippen molar-refractivity contribution in [3.63, 3.8) is 0 Å². The van der Waals surface area contributed by atoms with Crippen molar-refractivity contribution in [2.24, 2.45) is 5.92 Å². The van der Waals surface area contributed by atoms with E-state index in [1.165, 1.54) is 12.1 Å². The van der Waals surface area contributed by atoms with Crippen molar-refractivity contribution < 1.29 is 23.4 Å². The van der Waals surface area contributed by atoms with Gasteiger partial charge in [0.15, 0.2) is 0 Å². The molecule has 1 saturated heterocycles. The number of aliphatic hydroxyl groups is 1. The zero-order valence-corrected chi connectivity index (χ0v) is 21.7. The summed E-state index contributed by atoms with van der Waals surface area (Å²) in [6.07, 6.45) is 2.54. The van der Waals surface area contributed by atoms with E-state index in [1.54, 1.807) is 12.1 Å². The molecule has 0 unspecified atom stereocenters. The molecule has 1 aliphatic heterocycles. The van der Waals surface area contributed by atoms with Crippen LogP contribution in [-0.4, -0.2) is 29.8 Å². The average molecular weight is 531 g/mol. The van der Waals surface area contributed by atoms with Gasteiger partial charge in [0, 0.05) is 31.5 Å². The van der Waals surface area contributed by atoms with Crippen molar-refractivity contribution in [3.8, 4) is 22.9 Å². The molecule has 1 aliphatic rings. The van der Waals surface area contributed by atoms with Crippen LogP contribution in [0.4, 0.5) is 14.5 Å². The topological polar surface area (TPSA) is 54.8 Å². The van der Waals surface area contributed by atoms with Gasteiger partial charge in [-0.15, -0.1) is 0 Å². The summed E-state index contributed by atoms with van der Waals surface area (Å²) >= 11 is 0. The molecule has 1 fully saturated rings. The number of halogens is 2. The van der Waals surface area contributed by atoms with Crippen LogP contribution >= 0.6 is 0 Å². The molecule has 39 heavy (non-hydrogen) atoms. The van der Waals surface area contributed by atoms with Crippen molar-refractivity contribution >= 4 is 5.69 Å². The third-order valence-electron chi connectivity index (χ3n) is 7.10. The van der Waals surface area contributed by atoms with E-state index in [1.807, 2.05) is 65.6 Å². The van der Waals surface area contributed by atoms with Crippen molar-refractivity contribution in [2.45, 2.75) is 32.5 Å². The number of piperidine rings is 1. The summed E-state index contributed by atoms with van der Waals surface area (Å²) in [6, 6.07) is 25.2. The van der Waals surface area contributed by atoms with Gasteiger partial charge in [0.2, 0.25) is 11.8 Å². The fraction of sp³-hybridized carbons (Fsp3) is 0.281. The Morgan fingerprint density at radius 3 is 1.97 bits per heavy atom. The zero-order valence-electron chi connectivity index (χ0n) is 21.7. The number of nitrogens with zero attached hydrogens (tertiary/aromatic N) is 2. The number of aromatic nitrogens is 1. The van der Waals surface area contributed by atoms with Crippen LogP contribution in [0, 0.1) is 17.6 Å². The maximum atomic E-state index is 15.5. The number of benzene rings is 3. The van der Waals surface area contributed by atoms with Gasteiger partial charge in [0.1, 0.15) is 24.8 Å². The van der Waals surface area contributed by atoms with Crippen molar-refractivity contribution in [2.75, 3.05) is 24.6 Å². The summed E-state index contributed by atoms with van der Waals surface area (Å²) in [4.78, 5) is 6.49. The molecule has 202 valence electrons. The lowest BCUT2D eigenvalue weighted by Crippen LogP contribution is -2.34. The van der Waals surface area contributed by atoms with Gasteiger partial charge in [-0.3, -0.25) is 0 Å². The highest BCUT2D eigenvalue weighted by atomic mass is 19.1. The van der Waals surface area contributed by atoms with Crippen molar-refractivity contribution in [1.82, 2.24) is 4.98 Å². The first kappa shape index (κ1) is 26.6. The maximum Gasteiger partial charge on any atom is 0.225 e. The lowest BCUT2D eigenvalue weighted by atomic mass is 9.93. The van der Waals surface area contributed by atoms with E-state index < -0.39 is 11.6 Å². The third-order valence-corrected chi connectivity index (χ3v) is 7.10. The molecular formula is C32H32F2N2O3. The Bertz CT molecular complexity index is 1340. The fourth-order valence-electron chi connectivity index (χ4n) is 4.92. The minimum Gasteiger partial charge on any atom is -0.473 e. The van der Waals surface area contributed by atoms with Gasteiger partial charge >= 0.3 is 0 Å². The molecule has 5 rings (SSSR count).